The molecule has 0 spiro atoms. The highest BCUT2D eigenvalue weighted by molar-refractivity contribution is 6.29. The lowest BCUT2D eigenvalue weighted by Gasteiger charge is -2.15. The maximum atomic E-state index is 8.95. The predicted octanol–water partition coefficient (Wildman–Crippen LogP) is 2.52. The van der Waals surface area contributed by atoms with E-state index in [4.69, 9.17) is 16.9 Å². The topological polar surface area (TPSA) is 48.7 Å². The summed E-state index contributed by atoms with van der Waals surface area (Å²) in [5.74, 6) is 0.167. The fraction of sp³-hybridized carbons (Fsp3) is 0.500. The molecule has 1 fully saturated rings. The highest BCUT2D eigenvalue weighted by Crippen LogP contribution is 2.25. The van der Waals surface area contributed by atoms with Crippen molar-refractivity contribution < 1.29 is 0 Å². The normalized spacial score (nSPS) is 24.2. The third kappa shape index (κ3) is 2.72. The second kappa shape index (κ2) is 5.29. The van der Waals surface area contributed by atoms with Crippen LogP contribution < -0.4 is 5.32 Å². The Hall–Kier alpha value is -1.11. The quantitative estimate of drug-likeness (QED) is 0.819. The summed E-state index contributed by atoms with van der Waals surface area (Å²) in [5, 5.41) is 12.9. The molecule has 1 heterocycles. The van der Waals surface area contributed by atoms with Gasteiger partial charge in [0.25, 0.3) is 0 Å². The highest BCUT2D eigenvalue weighted by atomic mass is 35.5. The van der Waals surface area contributed by atoms with Gasteiger partial charge in [-0.2, -0.15) is 5.26 Å². The number of nitrogens with zero attached hydrogens (tertiary/aromatic N) is 2. The van der Waals surface area contributed by atoms with Crippen molar-refractivity contribution in [3.63, 3.8) is 0 Å². The van der Waals surface area contributed by atoms with Crippen molar-refractivity contribution in [1.29, 1.82) is 5.26 Å². The Labute approximate surface area is 100 Å². The van der Waals surface area contributed by atoms with E-state index in [1.54, 1.807) is 12.3 Å². The molecule has 1 aromatic heterocycles. The molecule has 4 heteroatoms. The smallest absolute Gasteiger partial charge is 0.129 e. The summed E-state index contributed by atoms with van der Waals surface area (Å²) in [6, 6.07) is 6.44. The number of nitrogens with one attached hydrogen (secondary N) is 1. The van der Waals surface area contributed by atoms with Crippen LogP contribution in [0.1, 0.15) is 24.8 Å². The van der Waals surface area contributed by atoms with Gasteiger partial charge in [-0.15, -0.1) is 0 Å². The van der Waals surface area contributed by atoms with Crippen molar-refractivity contribution in [1.82, 2.24) is 10.3 Å². The zero-order valence-corrected chi connectivity index (χ0v) is 9.74. The highest BCUT2D eigenvalue weighted by Gasteiger charge is 2.26. The minimum absolute atomic E-state index is 0.167. The number of hydrogen-bond donors (Lipinski definition) is 1. The monoisotopic (exact) mass is 235 g/mol. The fourth-order valence-corrected chi connectivity index (χ4v) is 2.23. The van der Waals surface area contributed by atoms with Gasteiger partial charge in [-0.1, -0.05) is 24.1 Å². The molecule has 1 N–H and O–H groups in total. The van der Waals surface area contributed by atoms with Gasteiger partial charge in [0.2, 0.25) is 0 Å². The molecule has 0 radical (unpaired) electrons. The molecule has 0 aromatic carbocycles. The predicted molar refractivity (Wildman–Crippen MR) is 62.8 cm³/mol. The summed E-state index contributed by atoms with van der Waals surface area (Å²) in [5.41, 5.74) is 1.10. The van der Waals surface area contributed by atoms with Crippen molar-refractivity contribution in [3.8, 4) is 6.07 Å². The Morgan fingerprint density at radius 1 is 1.50 bits per heavy atom. The Morgan fingerprint density at radius 3 is 3.06 bits per heavy atom. The van der Waals surface area contributed by atoms with Crippen LogP contribution in [-0.2, 0) is 6.54 Å². The number of halogens is 1. The van der Waals surface area contributed by atoms with Crippen LogP contribution in [-0.4, -0.2) is 11.0 Å². The molecular formula is C12H14ClN3. The van der Waals surface area contributed by atoms with Gasteiger partial charge in [0.05, 0.1) is 12.0 Å². The van der Waals surface area contributed by atoms with Crippen molar-refractivity contribution in [2.75, 3.05) is 0 Å². The minimum Gasteiger partial charge on any atom is -0.309 e. The third-order valence-electron chi connectivity index (χ3n) is 3.04. The van der Waals surface area contributed by atoms with Gasteiger partial charge in [0.15, 0.2) is 0 Å². The molecule has 2 atom stereocenters. The Morgan fingerprint density at radius 2 is 2.38 bits per heavy atom. The van der Waals surface area contributed by atoms with Gasteiger partial charge < -0.3 is 5.32 Å². The Balaban J connectivity index is 1.88. The van der Waals surface area contributed by atoms with E-state index in [2.05, 4.69) is 16.4 Å². The summed E-state index contributed by atoms with van der Waals surface area (Å²) < 4.78 is 0. The van der Waals surface area contributed by atoms with Crippen LogP contribution in [0.25, 0.3) is 0 Å². The van der Waals surface area contributed by atoms with E-state index in [1.165, 1.54) is 0 Å². The van der Waals surface area contributed by atoms with Crippen molar-refractivity contribution >= 4 is 11.6 Å². The maximum absolute atomic E-state index is 8.95. The zero-order valence-electron chi connectivity index (χ0n) is 8.99. The summed E-state index contributed by atoms with van der Waals surface area (Å²) in [7, 11) is 0. The van der Waals surface area contributed by atoms with Gasteiger partial charge in [0.1, 0.15) is 5.15 Å². The second-order valence-electron chi connectivity index (χ2n) is 4.14. The van der Waals surface area contributed by atoms with Gasteiger partial charge >= 0.3 is 0 Å². The van der Waals surface area contributed by atoms with Gasteiger partial charge in [0, 0.05) is 18.8 Å². The first-order valence-electron chi connectivity index (χ1n) is 5.53. The number of nitriles is 1. The van der Waals surface area contributed by atoms with E-state index in [1.807, 2.05) is 6.07 Å². The summed E-state index contributed by atoms with van der Waals surface area (Å²) >= 11 is 5.71. The lowest BCUT2D eigenvalue weighted by atomic mass is 10.1. The first-order chi connectivity index (χ1) is 7.79. The van der Waals surface area contributed by atoms with E-state index in [9.17, 15) is 0 Å². The first-order valence-corrected chi connectivity index (χ1v) is 5.91. The minimum atomic E-state index is 0.167. The standard InChI is InChI=1S/C12H14ClN3/c13-12-5-4-9(8-16-12)7-15-11-3-1-2-10(11)6-14/h4-5,8,10-11,15H,1-3,7H2. The lowest BCUT2D eigenvalue weighted by Crippen LogP contribution is -2.31. The van der Waals surface area contributed by atoms with Crippen LogP contribution in [0.5, 0.6) is 0 Å². The average molecular weight is 236 g/mol. The average Bonchev–Trinajstić information content (AvgIpc) is 2.76. The number of rotatable bonds is 3. The molecular weight excluding hydrogens is 222 g/mol. The van der Waals surface area contributed by atoms with Crippen LogP contribution in [0.3, 0.4) is 0 Å². The van der Waals surface area contributed by atoms with Crippen LogP contribution >= 0.6 is 11.6 Å². The number of aromatic nitrogens is 1. The molecule has 0 aliphatic heterocycles. The molecule has 1 aliphatic carbocycles. The Kier molecular flexibility index (Phi) is 3.76. The summed E-state index contributed by atoms with van der Waals surface area (Å²) in [6.07, 6.45) is 5.03. The van der Waals surface area contributed by atoms with Gasteiger partial charge in [-0.25, -0.2) is 4.98 Å². The van der Waals surface area contributed by atoms with Crippen LogP contribution in [0.15, 0.2) is 18.3 Å². The van der Waals surface area contributed by atoms with Crippen LogP contribution in [0, 0.1) is 17.2 Å². The number of hydrogen-bond acceptors (Lipinski definition) is 3. The second-order valence-corrected chi connectivity index (χ2v) is 4.53. The van der Waals surface area contributed by atoms with E-state index in [0.29, 0.717) is 11.2 Å². The fourth-order valence-electron chi connectivity index (χ4n) is 2.12. The molecule has 1 aliphatic rings. The van der Waals surface area contributed by atoms with Crippen LogP contribution in [0.4, 0.5) is 0 Å². The Bertz CT molecular complexity index is 382. The zero-order chi connectivity index (χ0) is 11.4. The molecule has 3 nitrogen and oxygen atoms in total. The third-order valence-corrected chi connectivity index (χ3v) is 3.26. The van der Waals surface area contributed by atoms with Crippen molar-refractivity contribution in [3.05, 3.63) is 29.0 Å². The van der Waals surface area contributed by atoms with Crippen LogP contribution in [0.2, 0.25) is 5.15 Å². The van der Waals surface area contributed by atoms with Gasteiger partial charge in [-0.05, 0) is 24.5 Å². The molecule has 0 saturated heterocycles. The molecule has 84 valence electrons. The van der Waals surface area contributed by atoms with E-state index in [0.717, 1.165) is 31.4 Å². The molecule has 2 rings (SSSR count). The van der Waals surface area contributed by atoms with E-state index < -0.39 is 0 Å². The molecule has 16 heavy (non-hydrogen) atoms. The molecule has 1 aromatic rings. The first kappa shape index (κ1) is 11.4. The molecule has 0 amide bonds. The van der Waals surface area contributed by atoms with E-state index in [-0.39, 0.29) is 5.92 Å². The van der Waals surface area contributed by atoms with Crippen molar-refractivity contribution in [2.45, 2.75) is 31.8 Å². The maximum Gasteiger partial charge on any atom is 0.129 e. The summed E-state index contributed by atoms with van der Waals surface area (Å²) in [6.45, 7) is 0.757. The number of pyridine rings is 1. The molecule has 1 saturated carbocycles. The van der Waals surface area contributed by atoms with E-state index >= 15 is 0 Å². The van der Waals surface area contributed by atoms with Crippen molar-refractivity contribution in [2.24, 2.45) is 5.92 Å². The SMILES string of the molecule is N#CC1CCCC1NCc1ccc(Cl)nc1. The largest absolute Gasteiger partial charge is 0.309 e. The molecule has 0 bridgehead atoms. The van der Waals surface area contributed by atoms with Gasteiger partial charge in [-0.3, -0.25) is 0 Å². The lowest BCUT2D eigenvalue weighted by molar-refractivity contribution is 0.464. The molecule has 2 unspecified atom stereocenters. The summed E-state index contributed by atoms with van der Waals surface area (Å²) in [4.78, 5) is 4.02.